The van der Waals surface area contributed by atoms with E-state index in [2.05, 4.69) is 15.3 Å². The minimum Gasteiger partial charge on any atom is -0.343 e. The van der Waals surface area contributed by atoms with E-state index in [1.165, 1.54) is 5.56 Å². The van der Waals surface area contributed by atoms with Gasteiger partial charge in [0, 0.05) is 11.8 Å². The molecule has 2 heterocycles. The lowest BCUT2D eigenvalue weighted by Gasteiger charge is -2.14. The quantitative estimate of drug-likeness (QED) is 0.661. The number of aliphatic imine (C=N–C) groups is 1. The summed E-state index contributed by atoms with van der Waals surface area (Å²) in [5.74, 6) is 0.963. The van der Waals surface area contributed by atoms with Crippen LogP contribution in [0.25, 0.3) is 0 Å². The van der Waals surface area contributed by atoms with Crippen molar-refractivity contribution in [3.05, 3.63) is 24.0 Å². The minimum atomic E-state index is 0.774. The van der Waals surface area contributed by atoms with Gasteiger partial charge in [0.1, 0.15) is 0 Å². The summed E-state index contributed by atoms with van der Waals surface area (Å²) in [5.41, 5.74) is 2.30. The highest BCUT2D eigenvalue weighted by molar-refractivity contribution is 5.95. The molecule has 1 aliphatic rings. The Morgan fingerprint density at radius 3 is 2.92 bits per heavy atom. The highest BCUT2D eigenvalue weighted by Crippen LogP contribution is 2.17. The van der Waals surface area contributed by atoms with Gasteiger partial charge in [0.2, 0.25) is 0 Å². The second-order valence-electron chi connectivity index (χ2n) is 2.56. The van der Waals surface area contributed by atoms with Crippen LogP contribution >= 0.6 is 0 Å². The van der Waals surface area contributed by atoms with Crippen molar-refractivity contribution in [2.45, 2.75) is 27.3 Å². The molecule has 70 valence electrons. The highest BCUT2D eigenvalue weighted by Gasteiger charge is 2.06. The number of nitrogens with one attached hydrogen (secondary N) is 1. The van der Waals surface area contributed by atoms with E-state index in [4.69, 9.17) is 0 Å². The number of anilines is 1. The number of aromatic nitrogens is 1. The van der Waals surface area contributed by atoms with Crippen molar-refractivity contribution in [1.82, 2.24) is 4.98 Å². The average molecular weight is 177 g/mol. The Bertz CT molecular complexity index is 305. The standard InChI is InChI=1S/C8H9N3.C2H6/c1-6-10-4-7-2-3-9-5-8(7)11-6;1-2/h2-3,5H,4H2,1H3,(H,10,11);1-2H3. The van der Waals surface area contributed by atoms with Gasteiger partial charge in [-0.15, -0.1) is 0 Å². The van der Waals surface area contributed by atoms with Crippen molar-refractivity contribution in [3.63, 3.8) is 0 Å². The van der Waals surface area contributed by atoms with Crippen molar-refractivity contribution in [2.75, 3.05) is 5.32 Å². The Morgan fingerprint density at radius 1 is 1.38 bits per heavy atom. The number of hydrogen-bond acceptors (Lipinski definition) is 3. The summed E-state index contributed by atoms with van der Waals surface area (Å²) in [6, 6.07) is 1.98. The van der Waals surface area contributed by atoms with Gasteiger partial charge in [-0.25, -0.2) is 0 Å². The summed E-state index contributed by atoms with van der Waals surface area (Å²) in [5, 5.41) is 3.15. The van der Waals surface area contributed by atoms with E-state index in [0.717, 1.165) is 18.1 Å². The molecule has 0 unspecified atom stereocenters. The third kappa shape index (κ3) is 2.28. The van der Waals surface area contributed by atoms with Gasteiger partial charge in [-0.1, -0.05) is 13.8 Å². The van der Waals surface area contributed by atoms with Crippen molar-refractivity contribution in [2.24, 2.45) is 4.99 Å². The smallest absolute Gasteiger partial charge is 0.0980 e. The fraction of sp³-hybridized carbons (Fsp3) is 0.400. The zero-order valence-corrected chi connectivity index (χ0v) is 8.33. The van der Waals surface area contributed by atoms with E-state index in [9.17, 15) is 0 Å². The van der Waals surface area contributed by atoms with Crippen LogP contribution in [0.3, 0.4) is 0 Å². The van der Waals surface area contributed by atoms with Crippen LogP contribution in [0.4, 0.5) is 5.69 Å². The molecular weight excluding hydrogens is 162 g/mol. The molecule has 0 aromatic carbocycles. The van der Waals surface area contributed by atoms with Gasteiger partial charge in [-0.3, -0.25) is 9.98 Å². The van der Waals surface area contributed by atoms with Crippen LogP contribution in [-0.2, 0) is 6.54 Å². The maximum Gasteiger partial charge on any atom is 0.0980 e. The Balaban J connectivity index is 0.000000396. The van der Waals surface area contributed by atoms with Crippen LogP contribution < -0.4 is 5.32 Å². The molecule has 0 spiro atoms. The molecule has 13 heavy (non-hydrogen) atoms. The first-order valence-corrected chi connectivity index (χ1v) is 4.57. The first-order chi connectivity index (χ1) is 6.36. The van der Waals surface area contributed by atoms with E-state index < -0.39 is 0 Å². The van der Waals surface area contributed by atoms with Crippen LogP contribution in [0.1, 0.15) is 26.3 Å². The molecule has 3 heteroatoms. The lowest BCUT2D eigenvalue weighted by molar-refractivity contribution is 1.03. The van der Waals surface area contributed by atoms with Crippen LogP contribution in [0.15, 0.2) is 23.5 Å². The Kier molecular flexibility index (Phi) is 3.43. The monoisotopic (exact) mass is 177 g/mol. The summed E-state index contributed by atoms with van der Waals surface area (Å²) in [6.07, 6.45) is 3.62. The van der Waals surface area contributed by atoms with Gasteiger partial charge in [-0.2, -0.15) is 0 Å². The second kappa shape index (κ2) is 4.60. The number of fused-ring (bicyclic) bond motifs is 1. The van der Waals surface area contributed by atoms with Gasteiger partial charge in [0.25, 0.3) is 0 Å². The molecule has 0 bridgehead atoms. The molecule has 1 aromatic rings. The van der Waals surface area contributed by atoms with E-state index in [1.807, 2.05) is 33.0 Å². The van der Waals surface area contributed by atoms with Crippen molar-refractivity contribution in [3.8, 4) is 0 Å². The molecule has 0 fully saturated rings. The molecule has 1 aromatic heterocycles. The van der Waals surface area contributed by atoms with Gasteiger partial charge in [-0.05, 0) is 13.0 Å². The molecule has 1 N–H and O–H groups in total. The molecule has 1 aliphatic heterocycles. The molecule has 0 saturated heterocycles. The maximum atomic E-state index is 4.25. The SMILES string of the molecule is CC.CC1=NCc2ccncc2N1. The van der Waals surface area contributed by atoms with Crippen LogP contribution in [0.5, 0.6) is 0 Å². The number of amidine groups is 1. The van der Waals surface area contributed by atoms with E-state index in [0.29, 0.717) is 0 Å². The first-order valence-electron chi connectivity index (χ1n) is 4.57. The summed E-state index contributed by atoms with van der Waals surface area (Å²) < 4.78 is 0. The second-order valence-corrected chi connectivity index (χ2v) is 2.56. The van der Waals surface area contributed by atoms with E-state index >= 15 is 0 Å². The molecule has 0 saturated carbocycles. The number of pyridine rings is 1. The molecule has 0 aliphatic carbocycles. The van der Waals surface area contributed by atoms with Gasteiger partial charge < -0.3 is 5.32 Å². The predicted octanol–water partition coefficient (Wildman–Crippen LogP) is 2.45. The van der Waals surface area contributed by atoms with Crippen LogP contribution in [0.2, 0.25) is 0 Å². The Labute approximate surface area is 78.9 Å². The Hall–Kier alpha value is -1.38. The van der Waals surface area contributed by atoms with Crippen molar-refractivity contribution in [1.29, 1.82) is 0 Å². The molecule has 2 rings (SSSR count). The van der Waals surface area contributed by atoms with Crippen molar-refractivity contribution >= 4 is 11.5 Å². The van der Waals surface area contributed by atoms with E-state index in [1.54, 1.807) is 6.20 Å². The third-order valence-electron chi connectivity index (χ3n) is 1.71. The van der Waals surface area contributed by atoms with E-state index in [-0.39, 0.29) is 0 Å². The highest BCUT2D eigenvalue weighted by atomic mass is 15.0. The summed E-state index contributed by atoms with van der Waals surface area (Å²) in [7, 11) is 0. The topological polar surface area (TPSA) is 37.3 Å². The lowest BCUT2D eigenvalue weighted by atomic mass is 10.2. The summed E-state index contributed by atoms with van der Waals surface area (Å²) in [4.78, 5) is 8.26. The third-order valence-corrected chi connectivity index (χ3v) is 1.71. The lowest BCUT2D eigenvalue weighted by Crippen LogP contribution is -2.13. The predicted molar refractivity (Wildman–Crippen MR) is 56.0 cm³/mol. The minimum absolute atomic E-state index is 0.774. The molecule has 3 nitrogen and oxygen atoms in total. The average Bonchev–Trinajstić information content (AvgIpc) is 2.21. The molecular formula is C10H15N3. The first kappa shape index (κ1) is 9.71. The summed E-state index contributed by atoms with van der Waals surface area (Å²) in [6.45, 7) is 6.73. The largest absolute Gasteiger partial charge is 0.343 e. The molecule has 0 radical (unpaired) electrons. The fourth-order valence-corrected chi connectivity index (χ4v) is 1.11. The number of nitrogens with zero attached hydrogens (tertiary/aromatic N) is 2. The van der Waals surface area contributed by atoms with Crippen LogP contribution in [0, 0.1) is 0 Å². The van der Waals surface area contributed by atoms with Crippen molar-refractivity contribution < 1.29 is 0 Å². The Morgan fingerprint density at radius 2 is 2.15 bits per heavy atom. The molecule has 0 amide bonds. The summed E-state index contributed by atoms with van der Waals surface area (Å²) >= 11 is 0. The normalized spacial score (nSPS) is 13.0. The van der Waals surface area contributed by atoms with Gasteiger partial charge in [0.05, 0.1) is 24.3 Å². The number of hydrogen-bond donors (Lipinski definition) is 1. The molecule has 0 atom stereocenters. The fourth-order valence-electron chi connectivity index (χ4n) is 1.11. The number of rotatable bonds is 0. The van der Waals surface area contributed by atoms with Crippen LogP contribution in [-0.4, -0.2) is 10.8 Å². The van der Waals surface area contributed by atoms with Gasteiger partial charge >= 0.3 is 0 Å². The zero-order valence-electron chi connectivity index (χ0n) is 8.33. The van der Waals surface area contributed by atoms with Gasteiger partial charge in [0.15, 0.2) is 0 Å². The maximum absolute atomic E-state index is 4.25. The zero-order chi connectivity index (χ0) is 9.68.